The molecular formula is C2H5O4PS. The Bertz CT molecular complexity index is 137. The molecule has 0 aliphatic heterocycles. The number of ether oxygens (including phenoxy) is 1. The molecule has 0 spiro atoms. The fraction of sp³-hybridized carbons (Fsp3) is 0.500. The summed E-state index contributed by atoms with van der Waals surface area (Å²) in [6.07, 6.45) is 0. The lowest BCUT2D eigenvalue weighted by atomic mass is 11.5. The molecule has 0 aliphatic carbocycles. The van der Waals surface area contributed by atoms with Crippen LogP contribution < -0.4 is 0 Å². The van der Waals surface area contributed by atoms with Gasteiger partial charge in [-0.2, -0.15) is 0 Å². The number of carbonyl (C=O) groups is 1. The topological polar surface area (TPSA) is 66.8 Å². The molecule has 0 atom stereocenters. The highest BCUT2D eigenvalue weighted by molar-refractivity contribution is 8.16. The van der Waals surface area contributed by atoms with E-state index in [0.29, 0.717) is 0 Å². The molecule has 0 unspecified atom stereocenters. The Hall–Kier alpha value is 0.0400. The standard InChI is InChI=1S/C2H5O4PS/c1-6-2(3)7(4,5)8/h1H3,(H2,4,5,8). The highest BCUT2D eigenvalue weighted by Gasteiger charge is 2.19. The summed E-state index contributed by atoms with van der Waals surface area (Å²) in [5.41, 5.74) is -1.13. The molecule has 0 radical (unpaired) electrons. The third kappa shape index (κ3) is 2.37. The van der Waals surface area contributed by atoms with Crippen molar-refractivity contribution in [3.8, 4) is 0 Å². The fourth-order valence-electron chi connectivity index (χ4n) is 0.119. The van der Waals surface area contributed by atoms with Crippen LogP contribution in [-0.2, 0) is 16.5 Å². The Kier molecular flexibility index (Phi) is 2.56. The van der Waals surface area contributed by atoms with E-state index < -0.39 is 12.2 Å². The van der Waals surface area contributed by atoms with Crippen LogP contribution in [0.3, 0.4) is 0 Å². The quantitative estimate of drug-likeness (QED) is 0.525. The molecule has 0 amide bonds. The van der Waals surface area contributed by atoms with Crippen LogP contribution in [0.1, 0.15) is 0 Å². The zero-order valence-electron chi connectivity index (χ0n) is 4.07. The fourth-order valence-corrected chi connectivity index (χ4v) is 0.580. The molecular weight excluding hydrogens is 151 g/mol. The number of carbonyl (C=O) groups excluding carboxylic acids is 1. The summed E-state index contributed by atoms with van der Waals surface area (Å²) in [4.78, 5) is 26.6. The Morgan fingerprint density at radius 3 is 2.12 bits per heavy atom. The largest absolute Gasteiger partial charge is 0.462 e. The van der Waals surface area contributed by atoms with E-state index in [4.69, 9.17) is 9.79 Å². The third-order valence-corrected chi connectivity index (χ3v) is 1.52. The normalized spacial score (nSPS) is 10.9. The van der Waals surface area contributed by atoms with Gasteiger partial charge >= 0.3 is 5.71 Å². The monoisotopic (exact) mass is 156 g/mol. The van der Waals surface area contributed by atoms with Gasteiger partial charge in [-0.15, -0.1) is 0 Å². The van der Waals surface area contributed by atoms with E-state index in [9.17, 15) is 4.79 Å². The summed E-state index contributed by atoms with van der Waals surface area (Å²) >= 11 is 3.95. The maximum atomic E-state index is 10.1. The number of methoxy groups -OCH3 is 1. The molecule has 0 aromatic carbocycles. The van der Waals surface area contributed by atoms with Crippen LogP contribution in [0.15, 0.2) is 0 Å². The SMILES string of the molecule is COC(=O)P(O)(O)=S. The van der Waals surface area contributed by atoms with Crippen molar-refractivity contribution in [1.82, 2.24) is 0 Å². The predicted octanol–water partition coefficient (Wildman–Crippen LogP) is 0.0469. The van der Waals surface area contributed by atoms with Gasteiger partial charge in [0.2, 0.25) is 0 Å². The van der Waals surface area contributed by atoms with Crippen molar-refractivity contribution in [3.05, 3.63) is 0 Å². The first-order valence-electron chi connectivity index (χ1n) is 1.62. The van der Waals surface area contributed by atoms with Crippen molar-refractivity contribution in [2.75, 3.05) is 7.11 Å². The van der Waals surface area contributed by atoms with E-state index in [1.807, 2.05) is 0 Å². The Labute approximate surface area is 51.3 Å². The van der Waals surface area contributed by atoms with Gasteiger partial charge in [-0.3, -0.25) is 0 Å². The number of hydrogen-bond acceptors (Lipinski definition) is 3. The van der Waals surface area contributed by atoms with Crippen molar-refractivity contribution >= 4 is 24.0 Å². The minimum Gasteiger partial charge on any atom is -0.462 e. The van der Waals surface area contributed by atoms with E-state index in [1.165, 1.54) is 0 Å². The molecule has 0 saturated carbocycles. The predicted molar refractivity (Wildman–Crippen MR) is 31.1 cm³/mol. The average Bonchev–Trinajstić information content (AvgIpc) is 1.62. The van der Waals surface area contributed by atoms with Gasteiger partial charge in [0.1, 0.15) is 0 Å². The smallest absolute Gasteiger partial charge is 0.389 e. The molecule has 0 aromatic heterocycles. The summed E-state index contributed by atoms with van der Waals surface area (Å²) in [7, 11) is 1.04. The van der Waals surface area contributed by atoms with E-state index >= 15 is 0 Å². The van der Waals surface area contributed by atoms with Gasteiger partial charge in [0.05, 0.1) is 7.11 Å². The average molecular weight is 156 g/mol. The van der Waals surface area contributed by atoms with E-state index in [-0.39, 0.29) is 0 Å². The van der Waals surface area contributed by atoms with Gasteiger partial charge in [-0.05, 0) is 11.8 Å². The van der Waals surface area contributed by atoms with Crippen LogP contribution in [0, 0.1) is 0 Å². The van der Waals surface area contributed by atoms with Crippen molar-refractivity contribution < 1.29 is 19.3 Å². The summed E-state index contributed by atoms with van der Waals surface area (Å²) < 4.78 is 3.92. The highest BCUT2D eigenvalue weighted by Crippen LogP contribution is 2.36. The molecule has 0 bridgehead atoms. The zero-order chi connectivity index (χ0) is 6.78. The Balaban J connectivity index is 4.04. The van der Waals surface area contributed by atoms with E-state index in [2.05, 4.69) is 16.5 Å². The van der Waals surface area contributed by atoms with Crippen LogP contribution in [0.25, 0.3) is 0 Å². The van der Waals surface area contributed by atoms with Crippen molar-refractivity contribution in [1.29, 1.82) is 0 Å². The van der Waals surface area contributed by atoms with Crippen LogP contribution in [0.4, 0.5) is 4.79 Å². The molecule has 8 heavy (non-hydrogen) atoms. The second kappa shape index (κ2) is 2.55. The first-order valence-corrected chi connectivity index (χ1v) is 4.33. The Morgan fingerprint density at radius 2 is 2.12 bits per heavy atom. The van der Waals surface area contributed by atoms with Gasteiger partial charge in [-0.25, -0.2) is 4.79 Å². The third-order valence-electron chi connectivity index (χ3n) is 0.412. The molecule has 48 valence electrons. The molecule has 6 heteroatoms. The van der Waals surface area contributed by atoms with Crippen LogP contribution in [0.5, 0.6) is 0 Å². The highest BCUT2D eigenvalue weighted by atomic mass is 32.5. The van der Waals surface area contributed by atoms with Gasteiger partial charge in [0.15, 0.2) is 0 Å². The van der Waals surface area contributed by atoms with Gasteiger partial charge in [0.25, 0.3) is 6.49 Å². The first-order chi connectivity index (χ1) is 3.48. The summed E-state index contributed by atoms with van der Waals surface area (Å²) in [5, 5.41) is 0. The molecule has 0 aliphatic rings. The lowest BCUT2D eigenvalue weighted by molar-refractivity contribution is 0.192. The lowest BCUT2D eigenvalue weighted by Gasteiger charge is -2.01. The maximum absolute atomic E-state index is 10.1. The second-order valence-corrected chi connectivity index (χ2v) is 3.99. The lowest BCUT2D eigenvalue weighted by Crippen LogP contribution is -1.96. The minimum absolute atomic E-state index is 1.04. The molecule has 2 N–H and O–H groups in total. The molecule has 0 heterocycles. The van der Waals surface area contributed by atoms with Crippen LogP contribution in [0.2, 0.25) is 0 Å². The second-order valence-electron chi connectivity index (χ2n) is 1.01. The van der Waals surface area contributed by atoms with Crippen molar-refractivity contribution in [3.63, 3.8) is 0 Å². The van der Waals surface area contributed by atoms with Crippen molar-refractivity contribution in [2.24, 2.45) is 0 Å². The number of rotatable bonds is 1. The molecule has 0 saturated heterocycles. The zero-order valence-corrected chi connectivity index (χ0v) is 5.78. The Morgan fingerprint density at radius 1 is 1.75 bits per heavy atom. The summed E-state index contributed by atoms with van der Waals surface area (Å²) in [5.74, 6) is 0. The molecule has 0 aromatic rings. The molecule has 4 nitrogen and oxygen atoms in total. The van der Waals surface area contributed by atoms with Crippen LogP contribution in [-0.4, -0.2) is 22.6 Å². The van der Waals surface area contributed by atoms with Crippen LogP contribution >= 0.6 is 6.49 Å². The van der Waals surface area contributed by atoms with E-state index in [1.54, 1.807) is 0 Å². The summed E-state index contributed by atoms with van der Waals surface area (Å²) in [6, 6.07) is 0. The number of hydrogen-bond donors (Lipinski definition) is 2. The maximum Gasteiger partial charge on any atom is 0.389 e. The molecule has 0 rings (SSSR count). The van der Waals surface area contributed by atoms with Gasteiger partial charge < -0.3 is 14.5 Å². The first kappa shape index (κ1) is 8.04. The van der Waals surface area contributed by atoms with Gasteiger partial charge in [0, 0.05) is 0 Å². The van der Waals surface area contributed by atoms with E-state index in [0.717, 1.165) is 7.11 Å². The minimum atomic E-state index is -3.78. The van der Waals surface area contributed by atoms with Gasteiger partial charge in [-0.1, -0.05) is 0 Å². The molecule has 0 fully saturated rings. The van der Waals surface area contributed by atoms with Crippen molar-refractivity contribution in [2.45, 2.75) is 0 Å². The summed E-state index contributed by atoms with van der Waals surface area (Å²) in [6.45, 7) is -3.78.